The quantitative estimate of drug-likeness (QED) is 0.248. The zero-order valence-corrected chi connectivity index (χ0v) is 20.6. The molecule has 0 heterocycles. The van der Waals surface area contributed by atoms with Gasteiger partial charge in [0.05, 0.1) is 20.3 Å². The van der Waals surface area contributed by atoms with Gasteiger partial charge >= 0.3 is 0 Å². The summed E-state index contributed by atoms with van der Waals surface area (Å²) < 4.78 is 10.9. The number of hydrogen-bond acceptors (Lipinski definition) is 4. The van der Waals surface area contributed by atoms with Crippen molar-refractivity contribution in [1.29, 1.82) is 0 Å². The molecule has 0 saturated heterocycles. The van der Waals surface area contributed by atoms with Gasteiger partial charge in [0, 0.05) is 18.5 Å². The number of aliphatic hydroxyl groups excluding tert-OH is 1. The lowest BCUT2D eigenvalue weighted by Crippen LogP contribution is -2.44. The Hall–Kier alpha value is -2.00. The second kappa shape index (κ2) is 14.1. The van der Waals surface area contributed by atoms with E-state index in [0.29, 0.717) is 24.0 Å². The molecular formula is C23H34IN3O3. The van der Waals surface area contributed by atoms with E-state index in [1.165, 1.54) is 5.56 Å². The van der Waals surface area contributed by atoms with Gasteiger partial charge in [0.25, 0.3) is 0 Å². The van der Waals surface area contributed by atoms with Crippen LogP contribution < -0.4 is 20.1 Å². The summed E-state index contributed by atoms with van der Waals surface area (Å²) in [6.07, 6.45) is 0. The average molecular weight is 527 g/mol. The van der Waals surface area contributed by atoms with Gasteiger partial charge in [0.2, 0.25) is 0 Å². The first-order valence-electron chi connectivity index (χ1n) is 10.1. The van der Waals surface area contributed by atoms with Crippen LogP contribution in [0.2, 0.25) is 0 Å². The molecule has 2 aromatic carbocycles. The van der Waals surface area contributed by atoms with Crippen LogP contribution in [0.4, 0.5) is 0 Å². The van der Waals surface area contributed by atoms with Crippen molar-refractivity contribution in [2.75, 3.05) is 26.9 Å². The summed E-state index contributed by atoms with van der Waals surface area (Å²) in [5.41, 5.74) is 2.31. The standard InChI is InChI=1S/C23H33N3O3.HI/c1-5-24-23(26-18(3)17(2)20-9-7-6-8-10-20)25-16-19-11-12-21(29-14-13-27)22(15-19)28-4;/h6-12,15,17-18,27H,5,13-14,16H2,1-4H3,(H2,24,25,26);1H. The third kappa shape index (κ3) is 8.02. The number of guanidine groups is 1. The van der Waals surface area contributed by atoms with E-state index in [1.54, 1.807) is 7.11 Å². The van der Waals surface area contributed by atoms with E-state index >= 15 is 0 Å². The predicted octanol–water partition coefficient (Wildman–Crippen LogP) is 3.93. The van der Waals surface area contributed by atoms with Crippen LogP contribution in [0.1, 0.15) is 37.8 Å². The van der Waals surface area contributed by atoms with Gasteiger partial charge in [0.15, 0.2) is 17.5 Å². The maximum atomic E-state index is 8.93. The Kier molecular flexibility index (Phi) is 12.2. The van der Waals surface area contributed by atoms with Gasteiger partial charge in [-0.05, 0) is 37.1 Å². The molecule has 0 aromatic heterocycles. The minimum Gasteiger partial charge on any atom is -0.493 e. The van der Waals surface area contributed by atoms with Gasteiger partial charge in [-0.15, -0.1) is 24.0 Å². The smallest absolute Gasteiger partial charge is 0.191 e. The highest BCUT2D eigenvalue weighted by atomic mass is 127. The zero-order chi connectivity index (χ0) is 21.1. The molecule has 0 saturated carbocycles. The third-order valence-corrected chi connectivity index (χ3v) is 4.78. The van der Waals surface area contributed by atoms with E-state index in [4.69, 9.17) is 19.6 Å². The molecule has 0 aliphatic carbocycles. The van der Waals surface area contributed by atoms with Gasteiger partial charge in [-0.1, -0.05) is 43.3 Å². The number of methoxy groups -OCH3 is 1. The van der Waals surface area contributed by atoms with Crippen LogP contribution in [0.5, 0.6) is 11.5 Å². The number of aliphatic imine (C=N–C) groups is 1. The van der Waals surface area contributed by atoms with E-state index in [2.05, 4.69) is 55.7 Å². The highest BCUT2D eigenvalue weighted by Gasteiger charge is 2.15. The number of nitrogens with one attached hydrogen (secondary N) is 2. The fraction of sp³-hybridized carbons (Fsp3) is 0.435. The van der Waals surface area contributed by atoms with Gasteiger partial charge < -0.3 is 25.2 Å². The Balaban J connectivity index is 0.00000450. The van der Waals surface area contributed by atoms with E-state index in [0.717, 1.165) is 18.1 Å². The van der Waals surface area contributed by atoms with Crippen molar-refractivity contribution in [1.82, 2.24) is 10.6 Å². The topological polar surface area (TPSA) is 75.1 Å². The van der Waals surface area contributed by atoms with Crippen LogP contribution in [0, 0.1) is 0 Å². The van der Waals surface area contributed by atoms with Crippen molar-refractivity contribution in [3.63, 3.8) is 0 Å². The SMILES string of the molecule is CCNC(=NCc1ccc(OCCO)c(OC)c1)NC(C)C(C)c1ccccc1.I. The normalized spacial score (nSPS) is 13.0. The lowest BCUT2D eigenvalue weighted by Gasteiger charge is -2.24. The van der Waals surface area contributed by atoms with Crippen LogP contribution in [0.25, 0.3) is 0 Å². The molecule has 2 rings (SSSR count). The molecule has 0 spiro atoms. The molecule has 2 aromatic rings. The van der Waals surface area contributed by atoms with Gasteiger partial charge in [-0.2, -0.15) is 0 Å². The summed E-state index contributed by atoms with van der Waals surface area (Å²) in [6.45, 7) is 7.94. The van der Waals surface area contributed by atoms with Crippen LogP contribution in [-0.4, -0.2) is 44.0 Å². The molecule has 166 valence electrons. The Morgan fingerprint density at radius 1 is 1.10 bits per heavy atom. The molecule has 0 bridgehead atoms. The lowest BCUT2D eigenvalue weighted by molar-refractivity contribution is 0.196. The van der Waals surface area contributed by atoms with E-state index in [1.807, 2.05) is 24.3 Å². The number of halogens is 1. The van der Waals surface area contributed by atoms with Crippen molar-refractivity contribution in [2.45, 2.75) is 39.3 Å². The lowest BCUT2D eigenvalue weighted by atomic mass is 9.94. The van der Waals surface area contributed by atoms with E-state index in [-0.39, 0.29) is 43.2 Å². The third-order valence-electron chi connectivity index (χ3n) is 4.78. The summed E-state index contributed by atoms with van der Waals surface area (Å²) in [5, 5.41) is 15.8. The molecule has 0 fully saturated rings. The summed E-state index contributed by atoms with van der Waals surface area (Å²) in [4.78, 5) is 4.73. The van der Waals surface area contributed by atoms with E-state index in [9.17, 15) is 0 Å². The molecule has 30 heavy (non-hydrogen) atoms. The molecule has 7 heteroatoms. The van der Waals surface area contributed by atoms with Crippen LogP contribution in [-0.2, 0) is 6.54 Å². The maximum Gasteiger partial charge on any atom is 0.191 e. The Morgan fingerprint density at radius 3 is 2.47 bits per heavy atom. The predicted molar refractivity (Wildman–Crippen MR) is 133 cm³/mol. The summed E-state index contributed by atoms with van der Waals surface area (Å²) in [5.74, 6) is 2.38. The number of hydrogen-bond donors (Lipinski definition) is 3. The number of aliphatic hydroxyl groups is 1. The molecule has 3 N–H and O–H groups in total. The first-order chi connectivity index (χ1) is 14.1. The second-order valence-electron chi connectivity index (χ2n) is 6.88. The molecule has 2 atom stereocenters. The minimum atomic E-state index is -0.0352. The van der Waals surface area contributed by atoms with Crippen LogP contribution in [0.3, 0.4) is 0 Å². The Morgan fingerprint density at radius 2 is 1.83 bits per heavy atom. The molecule has 2 unspecified atom stereocenters. The zero-order valence-electron chi connectivity index (χ0n) is 18.2. The van der Waals surface area contributed by atoms with Crippen LogP contribution >= 0.6 is 24.0 Å². The minimum absolute atomic E-state index is 0. The Labute approximate surface area is 197 Å². The molecular weight excluding hydrogens is 493 g/mol. The second-order valence-corrected chi connectivity index (χ2v) is 6.88. The summed E-state index contributed by atoms with van der Waals surface area (Å²) in [6, 6.07) is 16.4. The van der Waals surface area contributed by atoms with Crippen LogP contribution in [0.15, 0.2) is 53.5 Å². The molecule has 0 aliphatic heterocycles. The summed E-state index contributed by atoms with van der Waals surface area (Å²) >= 11 is 0. The number of benzene rings is 2. The Bertz CT molecular complexity index is 772. The summed E-state index contributed by atoms with van der Waals surface area (Å²) in [7, 11) is 1.60. The fourth-order valence-electron chi connectivity index (χ4n) is 2.96. The molecule has 0 aliphatic rings. The first kappa shape index (κ1) is 26.0. The van der Waals surface area contributed by atoms with Crippen molar-refractivity contribution in [2.24, 2.45) is 4.99 Å². The largest absolute Gasteiger partial charge is 0.493 e. The monoisotopic (exact) mass is 527 g/mol. The van der Waals surface area contributed by atoms with Gasteiger partial charge in [0.1, 0.15) is 6.61 Å². The average Bonchev–Trinajstić information content (AvgIpc) is 2.76. The van der Waals surface area contributed by atoms with Gasteiger partial charge in [-0.25, -0.2) is 4.99 Å². The number of nitrogens with zero attached hydrogens (tertiary/aromatic N) is 1. The first-order valence-corrected chi connectivity index (χ1v) is 10.1. The highest BCUT2D eigenvalue weighted by molar-refractivity contribution is 14.0. The highest BCUT2D eigenvalue weighted by Crippen LogP contribution is 2.28. The van der Waals surface area contributed by atoms with Gasteiger partial charge in [-0.3, -0.25) is 0 Å². The number of rotatable bonds is 10. The molecule has 0 radical (unpaired) electrons. The van der Waals surface area contributed by atoms with Crippen molar-refractivity contribution in [3.8, 4) is 11.5 Å². The number of ether oxygens (including phenoxy) is 2. The van der Waals surface area contributed by atoms with Crippen molar-refractivity contribution < 1.29 is 14.6 Å². The maximum absolute atomic E-state index is 8.93. The fourth-order valence-corrected chi connectivity index (χ4v) is 2.96. The molecule has 0 amide bonds. The molecule has 6 nitrogen and oxygen atoms in total. The van der Waals surface area contributed by atoms with E-state index < -0.39 is 0 Å². The van der Waals surface area contributed by atoms with Crippen molar-refractivity contribution >= 4 is 29.9 Å². The van der Waals surface area contributed by atoms with Crippen molar-refractivity contribution in [3.05, 3.63) is 59.7 Å².